The van der Waals surface area contributed by atoms with E-state index in [9.17, 15) is 4.79 Å². The van der Waals surface area contributed by atoms with Gasteiger partial charge in [-0.15, -0.1) is 11.3 Å². The van der Waals surface area contributed by atoms with Crippen molar-refractivity contribution in [1.29, 1.82) is 0 Å². The first-order valence-corrected chi connectivity index (χ1v) is 7.48. The maximum absolute atomic E-state index is 11.5. The van der Waals surface area contributed by atoms with E-state index in [1.807, 2.05) is 25.1 Å². The minimum atomic E-state index is 0.187. The van der Waals surface area contributed by atoms with Gasteiger partial charge in [0.05, 0.1) is 10.2 Å². The summed E-state index contributed by atoms with van der Waals surface area (Å²) in [5.74, 6) is 0.593. The summed E-state index contributed by atoms with van der Waals surface area (Å²) in [7, 11) is 0. The lowest BCUT2D eigenvalue weighted by Crippen LogP contribution is -2.11. The van der Waals surface area contributed by atoms with Crippen LogP contribution in [-0.4, -0.2) is 16.0 Å². The number of aromatic nitrogens is 1. The Balaban J connectivity index is 1.83. The first kappa shape index (κ1) is 11.2. The molecule has 1 saturated carbocycles. The van der Waals surface area contributed by atoms with Gasteiger partial charge >= 0.3 is 0 Å². The first-order valence-electron chi connectivity index (χ1n) is 5.79. The summed E-state index contributed by atoms with van der Waals surface area (Å²) in [6, 6.07) is 8.19. The van der Waals surface area contributed by atoms with Gasteiger partial charge in [0.15, 0.2) is 4.34 Å². The molecular weight excluding hydrogens is 250 g/mol. The van der Waals surface area contributed by atoms with Crippen LogP contribution in [0.25, 0.3) is 10.2 Å². The average molecular weight is 263 g/mol. The Kier molecular flexibility index (Phi) is 2.92. The molecule has 2 atom stereocenters. The van der Waals surface area contributed by atoms with Crippen LogP contribution in [0.5, 0.6) is 0 Å². The summed E-state index contributed by atoms with van der Waals surface area (Å²) >= 11 is 3.50. The van der Waals surface area contributed by atoms with E-state index in [4.69, 9.17) is 0 Å². The molecule has 0 amide bonds. The molecule has 2 nitrogen and oxygen atoms in total. The number of carbonyl (C=O) groups excluding carboxylic acids is 1. The highest BCUT2D eigenvalue weighted by molar-refractivity contribution is 8.01. The normalized spacial score (nSPS) is 24.6. The molecule has 2 unspecified atom stereocenters. The molecule has 17 heavy (non-hydrogen) atoms. The highest BCUT2D eigenvalue weighted by Gasteiger charge is 2.32. The molecule has 1 fully saturated rings. The molecule has 0 aliphatic heterocycles. The van der Waals surface area contributed by atoms with Gasteiger partial charge < -0.3 is 0 Å². The third kappa shape index (κ3) is 2.11. The number of hydrogen-bond acceptors (Lipinski definition) is 4. The zero-order valence-corrected chi connectivity index (χ0v) is 11.2. The lowest BCUT2D eigenvalue weighted by Gasteiger charge is -2.10. The van der Waals surface area contributed by atoms with E-state index >= 15 is 0 Å². The van der Waals surface area contributed by atoms with Crippen molar-refractivity contribution in [2.24, 2.45) is 5.92 Å². The molecule has 0 bridgehead atoms. The second kappa shape index (κ2) is 4.42. The van der Waals surface area contributed by atoms with Gasteiger partial charge in [-0.25, -0.2) is 4.98 Å². The number of thioether (sulfide) groups is 1. The molecule has 0 spiro atoms. The predicted octanol–water partition coefficient (Wildman–Crippen LogP) is 3.76. The van der Waals surface area contributed by atoms with Crippen molar-refractivity contribution in [3.05, 3.63) is 24.3 Å². The summed E-state index contributed by atoms with van der Waals surface area (Å²) in [4.78, 5) is 16.1. The first-order chi connectivity index (χ1) is 8.24. The lowest BCUT2D eigenvalue weighted by atomic mass is 10.1. The van der Waals surface area contributed by atoms with E-state index in [1.54, 1.807) is 23.1 Å². The quantitative estimate of drug-likeness (QED) is 0.826. The molecule has 0 N–H and O–H groups in total. The molecular formula is C13H13NOS2. The number of thiazole rings is 1. The van der Waals surface area contributed by atoms with Gasteiger partial charge in [0.2, 0.25) is 0 Å². The Hall–Kier alpha value is -0.870. The number of ketones is 1. The van der Waals surface area contributed by atoms with Crippen LogP contribution in [-0.2, 0) is 4.79 Å². The van der Waals surface area contributed by atoms with E-state index in [1.165, 1.54) is 4.70 Å². The van der Waals surface area contributed by atoms with Gasteiger partial charge in [-0.3, -0.25) is 4.79 Å². The molecule has 3 rings (SSSR count). The third-order valence-corrected chi connectivity index (χ3v) is 5.88. The Morgan fingerprint density at radius 2 is 2.24 bits per heavy atom. The van der Waals surface area contributed by atoms with Crippen LogP contribution < -0.4 is 0 Å². The second-order valence-corrected chi connectivity index (χ2v) is 6.91. The summed E-state index contributed by atoms with van der Waals surface area (Å²) in [6.07, 6.45) is 1.74. The molecule has 2 aromatic rings. The van der Waals surface area contributed by atoms with Gasteiger partial charge in [-0.2, -0.15) is 0 Å². The van der Waals surface area contributed by atoms with Crippen molar-refractivity contribution >= 4 is 39.1 Å². The summed E-state index contributed by atoms with van der Waals surface area (Å²) in [6.45, 7) is 2.04. The zero-order chi connectivity index (χ0) is 11.8. The van der Waals surface area contributed by atoms with Crippen molar-refractivity contribution in [1.82, 2.24) is 4.98 Å². The van der Waals surface area contributed by atoms with Crippen LogP contribution in [0.2, 0.25) is 0 Å². The topological polar surface area (TPSA) is 30.0 Å². The zero-order valence-electron chi connectivity index (χ0n) is 9.55. The van der Waals surface area contributed by atoms with Crippen molar-refractivity contribution in [3.8, 4) is 0 Å². The summed E-state index contributed by atoms with van der Waals surface area (Å²) < 4.78 is 2.32. The Labute approximate surface area is 108 Å². The summed E-state index contributed by atoms with van der Waals surface area (Å²) in [5.41, 5.74) is 1.07. The third-order valence-electron chi connectivity index (χ3n) is 3.27. The smallest absolute Gasteiger partial charge is 0.151 e. The number of benzene rings is 1. The predicted molar refractivity (Wildman–Crippen MR) is 72.7 cm³/mol. The second-order valence-electron chi connectivity index (χ2n) is 4.40. The molecule has 4 heteroatoms. The number of nitrogens with zero attached hydrogens (tertiary/aromatic N) is 1. The van der Waals surface area contributed by atoms with Crippen LogP contribution >= 0.6 is 23.1 Å². The fourth-order valence-corrected chi connectivity index (χ4v) is 4.69. The SMILES string of the molecule is CC1C(=O)CCC1Sc1nc2ccccc2s1. The van der Waals surface area contributed by atoms with Crippen molar-refractivity contribution in [3.63, 3.8) is 0 Å². The highest BCUT2D eigenvalue weighted by Crippen LogP contribution is 2.39. The van der Waals surface area contributed by atoms with Crippen LogP contribution in [0.15, 0.2) is 28.6 Å². The molecule has 88 valence electrons. The Morgan fingerprint density at radius 3 is 2.94 bits per heavy atom. The number of carbonyl (C=O) groups is 1. The fourth-order valence-electron chi connectivity index (χ4n) is 2.16. The van der Waals surface area contributed by atoms with Gasteiger partial charge in [0.1, 0.15) is 5.78 Å². The standard InChI is InChI=1S/C13H13NOS2/c1-8-10(15)6-7-11(8)16-13-14-9-4-2-3-5-12(9)17-13/h2-5,8,11H,6-7H2,1H3. The van der Waals surface area contributed by atoms with E-state index < -0.39 is 0 Å². The molecule has 0 radical (unpaired) electrons. The van der Waals surface area contributed by atoms with Crippen LogP contribution in [0, 0.1) is 5.92 Å². The monoisotopic (exact) mass is 263 g/mol. The average Bonchev–Trinajstić information content (AvgIpc) is 2.87. The molecule has 1 heterocycles. The molecule has 1 aromatic heterocycles. The lowest BCUT2D eigenvalue weighted by molar-refractivity contribution is -0.120. The van der Waals surface area contributed by atoms with E-state index in [-0.39, 0.29) is 5.92 Å². The number of Topliss-reactive ketones (excluding diaryl/α,β-unsaturated/α-hetero) is 1. The van der Waals surface area contributed by atoms with Gasteiger partial charge in [-0.05, 0) is 18.6 Å². The highest BCUT2D eigenvalue weighted by atomic mass is 32.2. The van der Waals surface area contributed by atoms with E-state index in [2.05, 4.69) is 11.1 Å². The van der Waals surface area contributed by atoms with Crippen LogP contribution in [0.4, 0.5) is 0 Å². The largest absolute Gasteiger partial charge is 0.299 e. The van der Waals surface area contributed by atoms with E-state index in [0.29, 0.717) is 11.0 Å². The Morgan fingerprint density at radius 1 is 1.41 bits per heavy atom. The minimum Gasteiger partial charge on any atom is -0.299 e. The van der Waals surface area contributed by atoms with Gasteiger partial charge in [-0.1, -0.05) is 30.8 Å². The molecule has 1 aliphatic carbocycles. The van der Waals surface area contributed by atoms with Gasteiger partial charge in [0, 0.05) is 17.6 Å². The van der Waals surface area contributed by atoms with Crippen molar-refractivity contribution < 1.29 is 4.79 Å². The number of rotatable bonds is 2. The number of fused-ring (bicyclic) bond motifs is 1. The maximum atomic E-state index is 11.5. The maximum Gasteiger partial charge on any atom is 0.151 e. The minimum absolute atomic E-state index is 0.187. The Bertz CT molecular complexity index is 530. The van der Waals surface area contributed by atoms with Crippen LogP contribution in [0.3, 0.4) is 0 Å². The van der Waals surface area contributed by atoms with E-state index in [0.717, 1.165) is 22.7 Å². The van der Waals surface area contributed by atoms with Gasteiger partial charge in [0.25, 0.3) is 0 Å². The van der Waals surface area contributed by atoms with Crippen molar-refractivity contribution in [2.75, 3.05) is 0 Å². The number of para-hydroxylation sites is 1. The van der Waals surface area contributed by atoms with Crippen molar-refractivity contribution in [2.45, 2.75) is 29.4 Å². The molecule has 1 aliphatic rings. The fraction of sp³-hybridized carbons (Fsp3) is 0.385. The van der Waals surface area contributed by atoms with Crippen LogP contribution in [0.1, 0.15) is 19.8 Å². The summed E-state index contributed by atoms with van der Waals surface area (Å²) in [5, 5.41) is 0.420. The number of hydrogen-bond donors (Lipinski definition) is 0. The molecule has 0 saturated heterocycles. The molecule has 1 aromatic carbocycles.